The minimum atomic E-state index is -0.314. The Morgan fingerprint density at radius 2 is 1.80 bits per heavy atom. The van der Waals surface area contributed by atoms with Crippen molar-refractivity contribution in [1.82, 2.24) is 9.80 Å². The van der Waals surface area contributed by atoms with Crippen LogP contribution in [0.25, 0.3) is 0 Å². The Morgan fingerprint density at radius 1 is 1.10 bits per heavy atom. The van der Waals surface area contributed by atoms with Gasteiger partial charge >= 0.3 is 0 Å². The molecule has 1 fully saturated rings. The van der Waals surface area contributed by atoms with Crippen LogP contribution in [0.2, 0.25) is 0 Å². The van der Waals surface area contributed by atoms with Crippen molar-refractivity contribution in [1.29, 1.82) is 0 Å². The van der Waals surface area contributed by atoms with Crippen LogP contribution in [0.3, 0.4) is 0 Å². The molecule has 1 saturated heterocycles. The van der Waals surface area contributed by atoms with E-state index in [4.69, 9.17) is 0 Å². The van der Waals surface area contributed by atoms with Gasteiger partial charge in [-0.25, -0.2) is 0 Å². The topological polar surface area (TPSA) is 26.7 Å². The number of aryl methyl sites for hydroxylation is 1. The fourth-order valence-electron chi connectivity index (χ4n) is 3.69. The Morgan fingerprint density at radius 3 is 2.50 bits per heavy atom. The predicted molar refractivity (Wildman–Crippen MR) is 81.8 cm³/mol. The number of rotatable bonds is 2. The van der Waals surface area contributed by atoms with Gasteiger partial charge in [-0.2, -0.15) is 0 Å². The van der Waals surface area contributed by atoms with Gasteiger partial charge in [0.15, 0.2) is 0 Å². The third kappa shape index (κ3) is 2.62. The van der Waals surface area contributed by atoms with Crippen LogP contribution in [0.5, 0.6) is 0 Å². The Hall–Kier alpha value is -0.900. The van der Waals surface area contributed by atoms with Crippen molar-refractivity contribution in [2.75, 3.05) is 26.2 Å². The average Bonchev–Trinajstić information content (AvgIpc) is 2.48. The molecule has 3 rings (SSSR count). The van der Waals surface area contributed by atoms with E-state index in [2.05, 4.69) is 41.8 Å². The SMILES string of the molecule is CC(C)N1CCN(C2CCc3ccccc3C2O)CC1. The first-order chi connectivity index (χ1) is 9.66. The van der Waals surface area contributed by atoms with Crippen LogP contribution in [0.4, 0.5) is 0 Å². The monoisotopic (exact) mass is 274 g/mol. The van der Waals surface area contributed by atoms with Gasteiger partial charge in [0.2, 0.25) is 0 Å². The summed E-state index contributed by atoms with van der Waals surface area (Å²) >= 11 is 0. The lowest BCUT2D eigenvalue weighted by Crippen LogP contribution is -2.54. The molecule has 1 heterocycles. The zero-order valence-electron chi connectivity index (χ0n) is 12.6. The zero-order valence-corrected chi connectivity index (χ0v) is 12.6. The van der Waals surface area contributed by atoms with Crippen molar-refractivity contribution in [2.45, 2.75) is 44.9 Å². The maximum absolute atomic E-state index is 10.7. The fourth-order valence-corrected chi connectivity index (χ4v) is 3.69. The van der Waals surface area contributed by atoms with Gasteiger partial charge < -0.3 is 5.11 Å². The van der Waals surface area contributed by atoms with Crippen molar-refractivity contribution in [3.8, 4) is 0 Å². The molecule has 0 saturated carbocycles. The van der Waals surface area contributed by atoms with E-state index in [1.54, 1.807) is 0 Å². The van der Waals surface area contributed by atoms with Crippen molar-refractivity contribution in [3.63, 3.8) is 0 Å². The molecule has 1 aliphatic carbocycles. The van der Waals surface area contributed by atoms with Gasteiger partial charge in [-0.05, 0) is 37.8 Å². The molecule has 1 aromatic rings. The minimum absolute atomic E-state index is 0.305. The van der Waals surface area contributed by atoms with E-state index >= 15 is 0 Å². The molecular weight excluding hydrogens is 248 g/mol. The Kier molecular flexibility index (Phi) is 4.11. The Bertz CT molecular complexity index is 452. The molecule has 0 amide bonds. The van der Waals surface area contributed by atoms with Crippen LogP contribution >= 0.6 is 0 Å². The molecule has 1 aromatic carbocycles. The number of piperazine rings is 1. The van der Waals surface area contributed by atoms with Crippen LogP contribution in [0.1, 0.15) is 37.5 Å². The molecular formula is C17H26N2O. The van der Waals surface area contributed by atoms with Crippen LogP contribution in [0, 0.1) is 0 Å². The van der Waals surface area contributed by atoms with Gasteiger partial charge in [-0.3, -0.25) is 9.80 Å². The second-order valence-electron chi connectivity index (χ2n) is 6.42. The third-order valence-electron chi connectivity index (χ3n) is 5.00. The third-order valence-corrected chi connectivity index (χ3v) is 5.00. The molecule has 1 aliphatic heterocycles. The number of benzene rings is 1. The van der Waals surface area contributed by atoms with Gasteiger partial charge in [-0.15, -0.1) is 0 Å². The number of hydrogen-bond acceptors (Lipinski definition) is 3. The second-order valence-corrected chi connectivity index (χ2v) is 6.42. The van der Waals surface area contributed by atoms with Gasteiger partial charge in [0, 0.05) is 38.3 Å². The number of aliphatic hydroxyl groups is 1. The quantitative estimate of drug-likeness (QED) is 0.894. The smallest absolute Gasteiger partial charge is 0.0947 e. The highest BCUT2D eigenvalue weighted by Crippen LogP contribution is 2.33. The van der Waals surface area contributed by atoms with Crippen LogP contribution in [-0.2, 0) is 6.42 Å². The first-order valence-corrected chi connectivity index (χ1v) is 7.91. The number of nitrogens with zero attached hydrogens (tertiary/aromatic N) is 2. The molecule has 0 radical (unpaired) electrons. The van der Waals surface area contributed by atoms with Crippen molar-refractivity contribution >= 4 is 0 Å². The lowest BCUT2D eigenvalue weighted by molar-refractivity contribution is 0.00288. The lowest BCUT2D eigenvalue weighted by Gasteiger charge is -2.44. The molecule has 3 nitrogen and oxygen atoms in total. The van der Waals surface area contributed by atoms with E-state index < -0.39 is 0 Å². The highest BCUT2D eigenvalue weighted by atomic mass is 16.3. The van der Waals surface area contributed by atoms with Gasteiger partial charge in [-0.1, -0.05) is 24.3 Å². The van der Waals surface area contributed by atoms with Gasteiger partial charge in [0.1, 0.15) is 0 Å². The van der Waals surface area contributed by atoms with Crippen LogP contribution < -0.4 is 0 Å². The van der Waals surface area contributed by atoms with Gasteiger partial charge in [0.25, 0.3) is 0 Å². The molecule has 0 spiro atoms. The maximum atomic E-state index is 10.7. The van der Waals surface area contributed by atoms with Crippen LogP contribution in [0.15, 0.2) is 24.3 Å². The molecule has 110 valence electrons. The number of aliphatic hydroxyl groups excluding tert-OH is 1. The fraction of sp³-hybridized carbons (Fsp3) is 0.647. The summed E-state index contributed by atoms with van der Waals surface area (Å²) < 4.78 is 0. The Balaban J connectivity index is 1.68. The van der Waals surface area contributed by atoms with Crippen molar-refractivity contribution < 1.29 is 5.11 Å². The molecule has 1 N–H and O–H groups in total. The first kappa shape index (κ1) is 14.1. The summed E-state index contributed by atoms with van der Waals surface area (Å²) in [6, 6.07) is 9.31. The largest absolute Gasteiger partial charge is 0.387 e. The van der Waals surface area contributed by atoms with E-state index in [1.165, 1.54) is 5.56 Å². The Labute approximate surface area is 122 Å². The van der Waals surface area contributed by atoms with E-state index in [1.807, 2.05) is 6.07 Å². The normalized spacial score (nSPS) is 28.6. The van der Waals surface area contributed by atoms with E-state index in [9.17, 15) is 5.11 Å². The summed E-state index contributed by atoms with van der Waals surface area (Å²) in [4.78, 5) is 5.03. The first-order valence-electron chi connectivity index (χ1n) is 7.91. The summed E-state index contributed by atoms with van der Waals surface area (Å²) in [6.07, 6.45) is 1.87. The predicted octanol–water partition coefficient (Wildman–Crippen LogP) is 2.06. The molecule has 2 aliphatic rings. The summed E-state index contributed by atoms with van der Waals surface area (Å²) in [5.74, 6) is 0. The average molecular weight is 274 g/mol. The number of hydrogen-bond donors (Lipinski definition) is 1. The van der Waals surface area contributed by atoms with E-state index in [0.29, 0.717) is 12.1 Å². The summed E-state index contributed by atoms with van der Waals surface area (Å²) in [6.45, 7) is 8.96. The molecule has 3 heteroatoms. The van der Waals surface area contributed by atoms with E-state index in [0.717, 1.165) is 44.6 Å². The summed E-state index contributed by atoms with van der Waals surface area (Å²) in [5.41, 5.74) is 2.48. The maximum Gasteiger partial charge on any atom is 0.0947 e. The summed E-state index contributed by atoms with van der Waals surface area (Å²) in [7, 11) is 0. The second kappa shape index (κ2) is 5.84. The van der Waals surface area contributed by atoms with Crippen molar-refractivity contribution in [3.05, 3.63) is 35.4 Å². The molecule has 20 heavy (non-hydrogen) atoms. The summed E-state index contributed by atoms with van der Waals surface area (Å²) in [5, 5.41) is 10.7. The highest BCUT2D eigenvalue weighted by molar-refractivity contribution is 5.32. The molecule has 0 bridgehead atoms. The standard InChI is InChI=1S/C17H26N2O/c1-13(2)18-9-11-19(12-10-18)16-8-7-14-5-3-4-6-15(14)17(16)20/h3-6,13,16-17,20H,7-12H2,1-2H3. The van der Waals surface area contributed by atoms with Gasteiger partial charge in [0.05, 0.1) is 6.10 Å². The minimum Gasteiger partial charge on any atom is -0.387 e. The van der Waals surface area contributed by atoms with E-state index in [-0.39, 0.29) is 6.10 Å². The lowest BCUT2D eigenvalue weighted by atomic mass is 9.85. The molecule has 2 unspecified atom stereocenters. The zero-order chi connectivity index (χ0) is 14.1. The van der Waals surface area contributed by atoms with Crippen molar-refractivity contribution in [2.24, 2.45) is 0 Å². The highest BCUT2D eigenvalue weighted by Gasteiger charge is 2.33. The molecule has 0 aromatic heterocycles. The van der Waals surface area contributed by atoms with Crippen LogP contribution in [-0.4, -0.2) is 53.2 Å². The molecule has 2 atom stereocenters. The number of fused-ring (bicyclic) bond motifs is 1.